The lowest BCUT2D eigenvalue weighted by molar-refractivity contribution is -0.120. The second kappa shape index (κ2) is 3.93. The Bertz CT molecular complexity index is 407. The molecule has 0 bridgehead atoms. The number of carbonyl (C=O) groups is 1. The monoisotopic (exact) mass is 218 g/mol. The molecule has 1 aromatic carbocycles. The van der Waals surface area contributed by atoms with E-state index in [2.05, 4.69) is 13.8 Å². The van der Waals surface area contributed by atoms with Crippen LogP contribution in [0, 0.1) is 11.3 Å². The Morgan fingerprint density at radius 3 is 2.62 bits per heavy atom. The first-order valence-corrected chi connectivity index (χ1v) is 5.69. The van der Waals surface area contributed by atoms with Crippen LogP contribution >= 0.6 is 0 Å². The van der Waals surface area contributed by atoms with Crippen LogP contribution in [0.25, 0.3) is 0 Å². The van der Waals surface area contributed by atoms with E-state index in [1.165, 1.54) is 0 Å². The highest BCUT2D eigenvalue weighted by molar-refractivity contribution is 5.87. The van der Waals surface area contributed by atoms with Gasteiger partial charge < -0.3 is 4.74 Å². The summed E-state index contributed by atoms with van der Waals surface area (Å²) in [5.74, 6) is 1.40. The standard InChI is InChI=1S/C14H18O2/c1-14(2)9-11(14)12(15)8-10-6-4-5-7-13(10)16-3/h4-7,11H,8-9H2,1-3H3. The summed E-state index contributed by atoms with van der Waals surface area (Å²) >= 11 is 0. The van der Waals surface area contributed by atoms with E-state index in [9.17, 15) is 4.79 Å². The van der Waals surface area contributed by atoms with Crippen molar-refractivity contribution in [2.45, 2.75) is 26.7 Å². The molecule has 16 heavy (non-hydrogen) atoms. The van der Waals surface area contributed by atoms with Crippen LogP contribution in [0.2, 0.25) is 0 Å². The van der Waals surface area contributed by atoms with Crippen LogP contribution in [0.4, 0.5) is 0 Å². The molecule has 0 N–H and O–H groups in total. The minimum Gasteiger partial charge on any atom is -0.496 e. The first-order valence-electron chi connectivity index (χ1n) is 5.69. The van der Waals surface area contributed by atoms with Gasteiger partial charge in [0, 0.05) is 17.9 Å². The number of hydrogen-bond acceptors (Lipinski definition) is 2. The summed E-state index contributed by atoms with van der Waals surface area (Å²) in [5.41, 5.74) is 1.22. The highest BCUT2D eigenvalue weighted by Gasteiger charge is 2.49. The molecule has 0 spiro atoms. The van der Waals surface area contributed by atoms with Gasteiger partial charge in [-0.05, 0) is 17.9 Å². The summed E-state index contributed by atoms with van der Waals surface area (Å²) in [6.07, 6.45) is 1.53. The van der Waals surface area contributed by atoms with Gasteiger partial charge in [0.15, 0.2) is 0 Å². The Hall–Kier alpha value is -1.31. The number of methoxy groups -OCH3 is 1. The number of ketones is 1. The average molecular weight is 218 g/mol. The Morgan fingerprint density at radius 1 is 1.44 bits per heavy atom. The molecule has 1 unspecified atom stereocenters. The topological polar surface area (TPSA) is 26.3 Å². The Morgan fingerprint density at radius 2 is 2.06 bits per heavy atom. The molecule has 86 valence electrons. The van der Waals surface area contributed by atoms with Gasteiger partial charge in [-0.1, -0.05) is 32.0 Å². The van der Waals surface area contributed by atoms with Gasteiger partial charge in [-0.15, -0.1) is 0 Å². The third-order valence-electron chi connectivity index (χ3n) is 3.46. The van der Waals surface area contributed by atoms with E-state index in [1.54, 1.807) is 7.11 Å². The number of benzene rings is 1. The van der Waals surface area contributed by atoms with Gasteiger partial charge in [-0.3, -0.25) is 4.79 Å². The molecule has 0 saturated heterocycles. The van der Waals surface area contributed by atoms with Crippen molar-refractivity contribution in [2.24, 2.45) is 11.3 Å². The molecule has 0 aliphatic heterocycles. The van der Waals surface area contributed by atoms with Crippen molar-refractivity contribution < 1.29 is 9.53 Å². The normalized spacial score (nSPS) is 21.6. The molecule has 1 aromatic rings. The third kappa shape index (κ3) is 2.11. The fraction of sp³-hybridized carbons (Fsp3) is 0.500. The maximum Gasteiger partial charge on any atom is 0.141 e. The number of ether oxygens (including phenoxy) is 1. The second-order valence-corrected chi connectivity index (χ2v) is 5.20. The van der Waals surface area contributed by atoms with Gasteiger partial charge >= 0.3 is 0 Å². The van der Waals surface area contributed by atoms with Crippen molar-refractivity contribution in [1.82, 2.24) is 0 Å². The fourth-order valence-corrected chi connectivity index (χ4v) is 2.18. The quantitative estimate of drug-likeness (QED) is 0.776. The Balaban J connectivity index is 2.07. The lowest BCUT2D eigenvalue weighted by Gasteiger charge is -2.08. The van der Waals surface area contributed by atoms with E-state index in [4.69, 9.17) is 4.74 Å². The highest BCUT2D eigenvalue weighted by atomic mass is 16.5. The van der Waals surface area contributed by atoms with E-state index >= 15 is 0 Å². The van der Waals surface area contributed by atoms with E-state index in [-0.39, 0.29) is 11.3 Å². The Labute approximate surface area is 96.6 Å². The van der Waals surface area contributed by atoms with Crippen LogP contribution in [0.15, 0.2) is 24.3 Å². The molecule has 0 amide bonds. The number of Topliss-reactive ketones (excluding diaryl/α,β-unsaturated/α-hetero) is 1. The first kappa shape index (κ1) is 11.2. The molecule has 0 radical (unpaired) electrons. The van der Waals surface area contributed by atoms with Crippen molar-refractivity contribution in [3.8, 4) is 5.75 Å². The van der Waals surface area contributed by atoms with Crippen molar-refractivity contribution in [2.75, 3.05) is 7.11 Å². The smallest absolute Gasteiger partial charge is 0.141 e. The summed E-state index contributed by atoms with van der Waals surface area (Å²) in [4.78, 5) is 12.0. The molecule has 2 nitrogen and oxygen atoms in total. The van der Waals surface area contributed by atoms with E-state index in [0.29, 0.717) is 12.2 Å². The maximum atomic E-state index is 12.0. The number of rotatable bonds is 4. The zero-order chi connectivity index (χ0) is 11.8. The van der Waals surface area contributed by atoms with E-state index in [0.717, 1.165) is 17.7 Å². The summed E-state index contributed by atoms with van der Waals surface area (Å²) in [6, 6.07) is 7.74. The first-order chi connectivity index (χ1) is 7.54. The molecule has 1 aliphatic rings. The summed E-state index contributed by atoms with van der Waals surface area (Å²) in [5, 5.41) is 0. The van der Waals surface area contributed by atoms with Gasteiger partial charge in [0.2, 0.25) is 0 Å². The predicted molar refractivity (Wildman–Crippen MR) is 63.6 cm³/mol. The molecular weight excluding hydrogens is 200 g/mol. The van der Waals surface area contributed by atoms with Crippen molar-refractivity contribution >= 4 is 5.78 Å². The maximum absolute atomic E-state index is 12.0. The largest absolute Gasteiger partial charge is 0.496 e. The van der Waals surface area contributed by atoms with Crippen LogP contribution in [0.5, 0.6) is 5.75 Å². The minimum absolute atomic E-state index is 0.221. The van der Waals surface area contributed by atoms with Gasteiger partial charge in [0.05, 0.1) is 7.11 Å². The zero-order valence-corrected chi connectivity index (χ0v) is 10.1. The van der Waals surface area contributed by atoms with Crippen LogP contribution in [0.3, 0.4) is 0 Å². The SMILES string of the molecule is COc1ccccc1CC(=O)C1CC1(C)C. The number of para-hydroxylation sites is 1. The van der Waals surface area contributed by atoms with Crippen LogP contribution in [0.1, 0.15) is 25.8 Å². The van der Waals surface area contributed by atoms with Crippen LogP contribution in [-0.4, -0.2) is 12.9 Å². The minimum atomic E-state index is 0.221. The van der Waals surface area contributed by atoms with Crippen molar-refractivity contribution in [3.05, 3.63) is 29.8 Å². The van der Waals surface area contributed by atoms with Crippen molar-refractivity contribution in [3.63, 3.8) is 0 Å². The van der Waals surface area contributed by atoms with Gasteiger partial charge in [-0.25, -0.2) is 0 Å². The predicted octanol–water partition coefficient (Wildman–Crippen LogP) is 2.85. The molecule has 2 heteroatoms. The zero-order valence-electron chi connectivity index (χ0n) is 10.1. The van der Waals surface area contributed by atoms with Gasteiger partial charge in [0.1, 0.15) is 11.5 Å². The molecule has 1 saturated carbocycles. The third-order valence-corrected chi connectivity index (χ3v) is 3.46. The molecule has 1 fully saturated rings. The molecule has 1 atom stereocenters. The number of hydrogen-bond donors (Lipinski definition) is 0. The lowest BCUT2D eigenvalue weighted by Crippen LogP contribution is -2.09. The van der Waals surface area contributed by atoms with E-state index in [1.807, 2.05) is 24.3 Å². The summed E-state index contributed by atoms with van der Waals surface area (Å²) in [6.45, 7) is 4.30. The second-order valence-electron chi connectivity index (χ2n) is 5.20. The van der Waals surface area contributed by atoms with Crippen LogP contribution < -0.4 is 4.74 Å². The summed E-state index contributed by atoms with van der Waals surface area (Å²) in [7, 11) is 1.64. The Kier molecular flexibility index (Phi) is 2.75. The lowest BCUT2D eigenvalue weighted by atomic mass is 10.0. The molecule has 0 aromatic heterocycles. The molecule has 2 rings (SSSR count). The van der Waals surface area contributed by atoms with Gasteiger partial charge in [-0.2, -0.15) is 0 Å². The van der Waals surface area contributed by atoms with Crippen molar-refractivity contribution in [1.29, 1.82) is 0 Å². The highest BCUT2D eigenvalue weighted by Crippen LogP contribution is 2.52. The molecular formula is C14H18O2. The van der Waals surface area contributed by atoms with Gasteiger partial charge in [0.25, 0.3) is 0 Å². The summed E-state index contributed by atoms with van der Waals surface area (Å²) < 4.78 is 5.25. The molecule has 1 aliphatic carbocycles. The van der Waals surface area contributed by atoms with E-state index < -0.39 is 0 Å². The molecule has 0 heterocycles. The average Bonchev–Trinajstić information content (AvgIpc) is 2.89. The van der Waals surface area contributed by atoms with Crippen LogP contribution in [-0.2, 0) is 11.2 Å². The fourth-order valence-electron chi connectivity index (χ4n) is 2.18. The number of carbonyl (C=O) groups excluding carboxylic acids is 1.